The lowest BCUT2D eigenvalue weighted by molar-refractivity contribution is -0.142. The number of amides is 1. The van der Waals surface area contributed by atoms with Crippen LogP contribution < -0.4 is 10.1 Å². The zero-order valence-corrected chi connectivity index (χ0v) is 34.0. The second kappa shape index (κ2) is 18.7. The number of phosphoric acid groups is 2. The van der Waals surface area contributed by atoms with Crippen LogP contribution in [0.4, 0.5) is 0 Å². The molecule has 0 fully saturated rings. The van der Waals surface area contributed by atoms with E-state index in [2.05, 4.69) is 15.3 Å². The maximum absolute atomic E-state index is 12.7. The number of phosphoric ester groups is 2. The van der Waals surface area contributed by atoms with E-state index in [1.54, 1.807) is 60.7 Å². The smallest absolute Gasteiger partial charge is 0.469 e. The minimum atomic E-state index is -4.80. The molecule has 2 aliphatic rings. The van der Waals surface area contributed by atoms with Crippen molar-refractivity contribution in [3.8, 4) is 16.9 Å². The number of H-pyrrole nitrogens is 2. The first-order valence-electron chi connectivity index (χ1n) is 19.0. The first-order valence-corrected chi connectivity index (χ1v) is 22.0. The van der Waals surface area contributed by atoms with Gasteiger partial charge in [-0.1, -0.05) is 42.5 Å². The molecular formula is C42H41N5O12P2. The summed E-state index contributed by atoms with van der Waals surface area (Å²) in [4.78, 5) is 78.6. The number of carbonyl (C=O) groups excluding carboxylic acids is 1. The lowest BCUT2D eigenvalue weighted by atomic mass is 9.90. The van der Waals surface area contributed by atoms with Gasteiger partial charge in [-0.2, -0.15) is 0 Å². The average Bonchev–Trinajstić information content (AvgIpc) is 4.04. The summed E-state index contributed by atoms with van der Waals surface area (Å²) in [5, 5.41) is 12.2. The molecule has 7 rings (SSSR count). The first kappa shape index (κ1) is 43.1. The van der Waals surface area contributed by atoms with Crippen LogP contribution in [0.1, 0.15) is 52.7 Å². The summed E-state index contributed by atoms with van der Waals surface area (Å²) in [5.74, 6) is -1.92. The van der Waals surface area contributed by atoms with E-state index in [1.165, 1.54) is 0 Å². The van der Waals surface area contributed by atoms with Crippen molar-refractivity contribution < 1.29 is 57.2 Å². The molecule has 8 bridgehead atoms. The Bertz CT molecular complexity index is 2620. The van der Waals surface area contributed by atoms with Crippen LogP contribution in [0.3, 0.4) is 0 Å². The molecule has 2 aliphatic heterocycles. The number of carboxylic acid groups (broad SMARTS) is 1. The Morgan fingerprint density at radius 1 is 0.705 bits per heavy atom. The number of ether oxygens (including phenoxy) is 1. The van der Waals surface area contributed by atoms with Gasteiger partial charge in [0.1, 0.15) is 11.8 Å². The second-order valence-corrected chi connectivity index (χ2v) is 16.6. The molecule has 61 heavy (non-hydrogen) atoms. The zero-order valence-electron chi connectivity index (χ0n) is 32.2. The van der Waals surface area contributed by atoms with E-state index in [1.807, 2.05) is 54.6 Å². The predicted octanol–water partition coefficient (Wildman–Crippen LogP) is 6.60. The highest BCUT2D eigenvalue weighted by Gasteiger charge is 2.25. The number of aromatic amines is 2. The monoisotopic (exact) mass is 869 g/mol. The van der Waals surface area contributed by atoms with Crippen molar-refractivity contribution in [1.82, 2.24) is 25.3 Å². The fraction of sp³-hybridized carbons (Fsp3) is 0.190. The third-order valence-electron chi connectivity index (χ3n) is 9.73. The van der Waals surface area contributed by atoms with Gasteiger partial charge in [0.05, 0.1) is 36.0 Å². The maximum atomic E-state index is 12.7. The van der Waals surface area contributed by atoms with E-state index in [9.17, 15) is 43.4 Å². The number of aromatic nitrogens is 4. The number of rotatable bonds is 17. The molecule has 316 valence electrons. The Kier molecular flexibility index (Phi) is 13.2. The number of carboxylic acids is 1. The molecule has 0 saturated carbocycles. The molecule has 0 spiro atoms. The predicted molar refractivity (Wildman–Crippen MR) is 227 cm³/mol. The highest BCUT2D eigenvalue weighted by molar-refractivity contribution is 7.46. The third kappa shape index (κ3) is 11.9. The van der Waals surface area contributed by atoms with Gasteiger partial charge in [-0.05, 0) is 103 Å². The molecule has 1 atom stereocenters. The van der Waals surface area contributed by atoms with Crippen LogP contribution in [-0.2, 0) is 34.2 Å². The molecule has 5 heterocycles. The summed E-state index contributed by atoms with van der Waals surface area (Å²) < 4.78 is 38.3. The summed E-state index contributed by atoms with van der Waals surface area (Å²) in [6.45, 7) is -1.11. The molecule has 0 unspecified atom stereocenters. The molecule has 1 amide bonds. The fourth-order valence-corrected chi connectivity index (χ4v) is 7.72. The van der Waals surface area contributed by atoms with Gasteiger partial charge in [-0.15, -0.1) is 0 Å². The van der Waals surface area contributed by atoms with Gasteiger partial charge < -0.3 is 44.7 Å². The third-order valence-corrected chi connectivity index (χ3v) is 10.8. The summed E-state index contributed by atoms with van der Waals surface area (Å²) >= 11 is 0. The Hall–Kier alpha value is -6.00. The molecule has 3 aromatic heterocycles. The fourth-order valence-electron chi connectivity index (χ4n) is 7.04. The Balaban J connectivity index is 1.21. The standard InChI is InChI=1S/C42H41N5O12P2/c48-39(47-38(42(49)50)22-26-4-2-1-3-5-26)25-57-33-12-6-27(7-13-33)40-34-14-8-29(43-34)23-31-10-16-36(45-31)41(37-17-11-32(46-37)24-30-9-15-35(40)44-30)28(18-20-58-60(51,52)53)19-21-59-61(54,55)56/h1-17,23-24,28,38,43-44H,18-22,25H2,(H,47,48)(H,49,50)(H2,51,52,53)(H2,54,55,56)/t38-/m1/s1. The Morgan fingerprint density at radius 2 is 1.25 bits per heavy atom. The zero-order chi connectivity index (χ0) is 43.1. The number of hydrogen-bond donors (Lipinski definition) is 8. The average molecular weight is 870 g/mol. The molecule has 2 aromatic carbocycles. The number of nitrogens with one attached hydrogen (secondary N) is 3. The van der Waals surface area contributed by atoms with Crippen LogP contribution >= 0.6 is 15.6 Å². The lowest BCUT2D eigenvalue weighted by Gasteiger charge is -2.19. The SMILES string of the molecule is O=C(COc1ccc(-c2c3ccc(cc4nc(c(C(CCOP(=O)(O)O)CCOP(=O)(O)O)c5nc(cc6ccc2[nH]6)C=C5)C=C4)[nH]3)cc1)N[C@H](Cc1ccccc1)C(=O)O. The number of hydrogen-bond acceptors (Lipinski definition) is 9. The number of carbonyl (C=O) groups is 2. The van der Waals surface area contributed by atoms with E-state index in [0.29, 0.717) is 34.1 Å². The number of benzene rings is 2. The molecule has 8 N–H and O–H groups in total. The van der Waals surface area contributed by atoms with Gasteiger partial charge in [-0.25, -0.2) is 23.9 Å². The van der Waals surface area contributed by atoms with E-state index in [4.69, 9.17) is 23.8 Å². The molecule has 19 heteroatoms. The Morgan fingerprint density at radius 3 is 1.75 bits per heavy atom. The van der Waals surface area contributed by atoms with Crippen molar-refractivity contribution in [2.45, 2.75) is 31.2 Å². The first-order chi connectivity index (χ1) is 29.2. The van der Waals surface area contributed by atoms with Crippen molar-refractivity contribution in [2.24, 2.45) is 0 Å². The molecule has 0 saturated heterocycles. The van der Waals surface area contributed by atoms with Crippen molar-refractivity contribution in [3.05, 3.63) is 125 Å². The van der Waals surface area contributed by atoms with Crippen LogP contribution in [-0.4, -0.2) is 82.4 Å². The van der Waals surface area contributed by atoms with Crippen LogP contribution in [0.25, 0.3) is 57.5 Å². The summed E-state index contributed by atoms with van der Waals surface area (Å²) in [7, 11) is -9.61. The van der Waals surface area contributed by atoms with E-state index >= 15 is 0 Å². The lowest BCUT2D eigenvalue weighted by Crippen LogP contribution is -2.44. The second-order valence-electron chi connectivity index (χ2n) is 14.1. The minimum absolute atomic E-state index is 0.0478. The minimum Gasteiger partial charge on any atom is -0.484 e. The van der Waals surface area contributed by atoms with Gasteiger partial charge in [0, 0.05) is 39.6 Å². The Labute approximate surface area is 348 Å². The topological polar surface area (TPSA) is 267 Å². The number of nitrogens with zero attached hydrogens (tertiary/aromatic N) is 2. The van der Waals surface area contributed by atoms with Crippen LogP contribution in [0, 0.1) is 0 Å². The van der Waals surface area contributed by atoms with Crippen molar-refractivity contribution in [2.75, 3.05) is 19.8 Å². The van der Waals surface area contributed by atoms with Gasteiger partial charge in [-0.3, -0.25) is 13.8 Å². The molecule has 0 aliphatic carbocycles. The summed E-state index contributed by atoms with van der Waals surface area (Å²) in [6, 6.07) is 26.4. The maximum Gasteiger partial charge on any atom is 0.469 e. The molecule has 17 nitrogen and oxygen atoms in total. The number of aliphatic carboxylic acids is 1. The van der Waals surface area contributed by atoms with Gasteiger partial charge in [0.2, 0.25) is 0 Å². The summed E-state index contributed by atoms with van der Waals surface area (Å²) in [6.07, 6.45) is 7.37. The normalized spacial score (nSPS) is 13.1. The molecular weight excluding hydrogens is 828 g/mol. The quantitative estimate of drug-likeness (QED) is 0.0449. The highest BCUT2D eigenvalue weighted by Crippen LogP contribution is 2.41. The van der Waals surface area contributed by atoms with Crippen LogP contribution in [0.2, 0.25) is 0 Å². The highest BCUT2D eigenvalue weighted by atomic mass is 31.2. The van der Waals surface area contributed by atoms with E-state index in [-0.39, 0.29) is 39.1 Å². The largest absolute Gasteiger partial charge is 0.484 e. The molecule has 5 aromatic rings. The molecule has 0 radical (unpaired) electrons. The van der Waals surface area contributed by atoms with Gasteiger partial charge >= 0.3 is 21.6 Å². The van der Waals surface area contributed by atoms with Crippen molar-refractivity contribution in [1.29, 1.82) is 0 Å². The van der Waals surface area contributed by atoms with Gasteiger partial charge in [0.15, 0.2) is 6.61 Å². The van der Waals surface area contributed by atoms with E-state index in [0.717, 1.165) is 38.8 Å². The van der Waals surface area contributed by atoms with Crippen molar-refractivity contribution >= 4 is 73.9 Å². The van der Waals surface area contributed by atoms with Gasteiger partial charge in [0.25, 0.3) is 5.91 Å². The van der Waals surface area contributed by atoms with Crippen molar-refractivity contribution in [3.63, 3.8) is 0 Å². The van der Waals surface area contributed by atoms with Crippen LogP contribution in [0.5, 0.6) is 5.75 Å². The number of fused-ring (bicyclic) bond motifs is 8. The summed E-state index contributed by atoms with van der Waals surface area (Å²) in [5.41, 5.74) is 8.10. The van der Waals surface area contributed by atoms with Crippen LogP contribution in [0.15, 0.2) is 91.0 Å². The van der Waals surface area contributed by atoms with E-state index < -0.39 is 39.5 Å².